The predicted octanol–water partition coefficient (Wildman–Crippen LogP) is 10.6. The average Bonchev–Trinajstić information content (AvgIpc) is 3.46. The van der Waals surface area contributed by atoms with Gasteiger partial charge in [0, 0.05) is 16.7 Å². The maximum atomic E-state index is 12.8. The molecule has 42 heavy (non-hydrogen) atoms. The highest BCUT2D eigenvalue weighted by molar-refractivity contribution is 6.07. The molecule has 4 aliphatic carbocycles. The van der Waals surface area contributed by atoms with E-state index in [4.69, 9.17) is 0 Å². The van der Waals surface area contributed by atoms with Crippen LogP contribution in [0.3, 0.4) is 0 Å². The van der Waals surface area contributed by atoms with E-state index in [0.717, 1.165) is 36.8 Å². The molecular formula is C40H58O2. The van der Waals surface area contributed by atoms with Gasteiger partial charge in [0.25, 0.3) is 0 Å². The molecule has 6 rings (SSSR count). The first-order valence-electron chi connectivity index (χ1n) is 16.7. The van der Waals surface area contributed by atoms with Gasteiger partial charge in [-0.1, -0.05) is 129 Å². The van der Waals surface area contributed by atoms with Gasteiger partial charge in [-0.15, -0.1) is 0 Å². The van der Waals surface area contributed by atoms with E-state index in [1.807, 2.05) is 27.7 Å². The normalized spacial score (nSPS) is 32.0. The molecule has 4 fully saturated rings. The van der Waals surface area contributed by atoms with E-state index in [0.29, 0.717) is 23.4 Å². The highest BCUT2D eigenvalue weighted by Crippen LogP contribution is 2.67. The molecule has 0 aromatic heterocycles. The average molecular weight is 571 g/mol. The van der Waals surface area contributed by atoms with Crippen LogP contribution in [0.15, 0.2) is 54.1 Å². The summed E-state index contributed by atoms with van der Waals surface area (Å²) in [4.78, 5) is 25.5. The highest BCUT2D eigenvalue weighted by Gasteiger charge is 2.66. The monoisotopic (exact) mass is 570 g/mol. The molecule has 4 bridgehead atoms. The number of allylic oxidation sites excluding steroid dienone is 1. The van der Waals surface area contributed by atoms with Crippen molar-refractivity contribution in [1.29, 1.82) is 0 Å². The minimum Gasteiger partial charge on any atom is -0.299 e. The van der Waals surface area contributed by atoms with Gasteiger partial charge in [-0.05, 0) is 91.4 Å². The number of ketones is 2. The van der Waals surface area contributed by atoms with E-state index in [-0.39, 0.29) is 27.6 Å². The van der Waals surface area contributed by atoms with Gasteiger partial charge in [-0.3, -0.25) is 9.59 Å². The van der Waals surface area contributed by atoms with Crippen LogP contribution in [0.4, 0.5) is 0 Å². The summed E-state index contributed by atoms with van der Waals surface area (Å²) in [5, 5.41) is 0. The molecule has 2 nitrogen and oxygen atoms in total. The largest absolute Gasteiger partial charge is 0.299 e. The number of hydrogen-bond acceptors (Lipinski definition) is 2. The minimum absolute atomic E-state index is 0.0764. The Bertz CT molecular complexity index is 1280. The zero-order valence-corrected chi connectivity index (χ0v) is 28.8. The molecule has 2 heteroatoms. The number of carbonyl (C=O) groups is 2. The number of aryl methyl sites for hydroxylation is 2. The van der Waals surface area contributed by atoms with Crippen molar-refractivity contribution in [2.75, 3.05) is 0 Å². The predicted molar refractivity (Wildman–Crippen MR) is 179 cm³/mol. The minimum atomic E-state index is -0.145. The van der Waals surface area contributed by atoms with Crippen molar-refractivity contribution in [2.24, 2.45) is 39.4 Å². The van der Waals surface area contributed by atoms with Crippen molar-refractivity contribution in [3.8, 4) is 0 Å². The van der Waals surface area contributed by atoms with Crippen LogP contribution in [0.25, 0.3) is 6.08 Å². The Morgan fingerprint density at radius 1 is 0.690 bits per heavy atom. The van der Waals surface area contributed by atoms with Gasteiger partial charge in [-0.25, -0.2) is 0 Å². The Kier molecular flexibility index (Phi) is 10.2. The first-order chi connectivity index (χ1) is 19.7. The Balaban J connectivity index is 0.000000206. The summed E-state index contributed by atoms with van der Waals surface area (Å²) in [6, 6.07) is 17.1. The molecule has 0 spiro atoms. The molecule has 230 valence electrons. The highest BCUT2D eigenvalue weighted by atomic mass is 16.1. The van der Waals surface area contributed by atoms with Crippen LogP contribution in [0.5, 0.6) is 0 Å². The third-order valence-electron chi connectivity index (χ3n) is 12.0. The van der Waals surface area contributed by atoms with Crippen LogP contribution in [0, 0.1) is 53.3 Å². The van der Waals surface area contributed by atoms with E-state index in [1.54, 1.807) is 0 Å². The third-order valence-corrected chi connectivity index (χ3v) is 12.0. The van der Waals surface area contributed by atoms with Crippen molar-refractivity contribution >= 4 is 17.6 Å². The van der Waals surface area contributed by atoms with E-state index in [1.165, 1.54) is 23.1 Å². The second-order valence-electron chi connectivity index (χ2n) is 14.3. The Hall–Kier alpha value is -2.48. The summed E-state index contributed by atoms with van der Waals surface area (Å²) in [6.45, 7) is 25.7. The molecule has 0 radical (unpaired) electrons. The van der Waals surface area contributed by atoms with E-state index < -0.39 is 0 Å². The summed E-state index contributed by atoms with van der Waals surface area (Å²) in [5.74, 6) is 2.16. The van der Waals surface area contributed by atoms with Gasteiger partial charge in [-0.2, -0.15) is 0 Å². The third kappa shape index (κ3) is 5.48. The molecule has 0 saturated heterocycles. The number of hydrogen-bond donors (Lipinski definition) is 0. The molecule has 5 atom stereocenters. The molecule has 0 N–H and O–H groups in total. The van der Waals surface area contributed by atoms with E-state index >= 15 is 0 Å². The second kappa shape index (κ2) is 12.6. The first-order valence-corrected chi connectivity index (χ1v) is 16.7. The zero-order valence-electron chi connectivity index (χ0n) is 28.8. The van der Waals surface area contributed by atoms with Gasteiger partial charge in [0.1, 0.15) is 5.78 Å². The fraction of sp³-hybridized carbons (Fsp3) is 0.600. The molecular weight excluding hydrogens is 512 g/mol. The van der Waals surface area contributed by atoms with Crippen molar-refractivity contribution in [1.82, 2.24) is 0 Å². The molecule has 2 aromatic rings. The van der Waals surface area contributed by atoms with Gasteiger partial charge in [0.05, 0.1) is 0 Å². The van der Waals surface area contributed by atoms with Gasteiger partial charge in [0.15, 0.2) is 5.78 Å². The maximum absolute atomic E-state index is 12.8. The van der Waals surface area contributed by atoms with E-state index in [2.05, 4.69) is 110 Å². The molecule has 4 saturated carbocycles. The molecule has 0 amide bonds. The van der Waals surface area contributed by atoms with Gasteiger partial charge < -0.3 is 0 Å². The number of carbonyl (C=O) groups excluding carboxylic acids is 2. The number of benzene rings is 2. The van der Waals surface area contributed by atoms with Crippen LogP contribution >= 0.6 is 0 Å². The lowest BCUT2D eigenvalue weighted by molar-refractivity contribution is -0.131. The van der Waals surface area contributed by atoms with Crippen molar-refractivity contribution < 1.29 is 9.59 Å². The summed E-state index contributed by atoms with van der Waals surface area (Å²) in [5.41, 5.74) is 6.14. The van der Waals surface area contributed by atoms with E-state index in [9.17, 15) is 9.59 Å². The van der Waals surface area contributed by atoms with Gasteiger partial charge in [0.2, 0.25) is 0 Å². The molecule has 2 aromatic carbocycles. The zero-order chi connectivity index (χ0) is 31.7. The van der Waals surface area contributed by atoms with Crippen LogP contribution in [0.2, 0.25) is 0 Å². The quantitative estimate of drug-likeness (QED) is 0.344. The first kappa shape index (κ1) is 34.0. The molecule has 0 heterocycles. The number of rotatable bonds is 3. The van der Waals surface area contributed by atoms with Crippen LogP contribution in [-0.4, -0.2) is 11.6 Å². The van der Waals surface area contributed by atoms with Crippen LogP contribution in [-0.2, 0) is 16.0 Å². The second-order valence-corrected chi connectivity index (χ2v) is 14.3. The summed E-state index contributed by atoms with van der Waals surface area (Å²) < 4.78 is 0. The summed E-state index contributed by atoms with van der Waals surface area (Å²) >= 11 is 0. The molecule has 0 aliphatic heterocycles. The fourth-order valence-electron chi connectivity index (χ4n) is 8.42. The van der Waals surface area contributed by atoms with Gasteiger partial charge >= 0.3 is 0 Å². The van der Waals surface area contributed by atoms with Crippen molar-refractivity contribution in [2.45, 2.75) is 115 Å². The lowest BCUT2D eigenvalue weighted by Crippen LogP contribution is -2.33. The maximum Gasteiger partial charge on any atom is 0.165 e. The van der Waals surface area contributed by atoms with Crippen molar-refractivity contribution in [3.63, 3.8) is 0 Å². The Labute approximate surface area is 257 Å². The smallest absolute Gasteiger partial charge is 0.165 e. The topological polar surface area (TPSA) is 34.1 Å². The fourth-order valence-corrected chi connectivity index (χ4v) is 8.42. The molecule has 5 unspecified atom stereocenters. The lowest BCUT2D eigenvalue weighted by atomic mass is 9.70. The standard InChI is InChI=1S/C18H24O.C18H22O.2C2H6/c2*1-12-5-7-13(8-6-12)11-14-15-9-10-18(4,16(14)19)17(15,2)3;2*1-2/h5-8,14-15H,9-11H2,1-4H3;5-8,11,15H,9-10H2,1-4H3;2*1-2H3/b;14-11+;;. The summed E-state index contributed by atoms with van der Waals surface area (Å²) in [7, 11) is 0. The summed E-state index contributed by atoms with van der Waals surface area (Å²) in [6.07, 6.45) is 7.59. The van der Waals surface area contributed by atoms with Crippen LogP contribution < -0.4 is 0 Å². The Morgan fingerprint density at radius 3 is 1.64 bits per heavy atom. The van der Waals surface area contributed by atoms with Crippen molar-refractivity contribution in [3.05, 3.63) is 76.4 Å². The number of fused-ring (bicyclic) bond motifs is 4. The van der Waals surface area contributed by atoms with Crippen LogP contribution in [0.1, 0.15) is 117 Å². The number of Topliss-reactive ketones (excluding diaryl/α,β-unsaturated/α-hetero) is 2. The molecule has 4 aliphatic rings. The lowest BCUT2D eigenvalue weighted by Gasteiger charge is -2.32. The SMILES string of the molecule is CC.CC.Cc1ccc(/C=C2/C(=O)C3(C)CCC2C3(C)C)cc1.Cc1ccc(CC2C(=O)C3(C)CCC2C3(C)C)cc1. The Morgan fingerprint density at radius 2 is 1.19 bits per heavy atom.